The molecule has 0 radical (unpaired) electrons. The number of ether oxygens (including phenoxy) is 1. The molecule has 3 aromatic rings. The third kappa shape index (κ3) is 3.90. The number of aryl methyl sites for hydroxylation is 1. The van der Waals surface area contributed by atoms with E-state index < -0.39 is 6.09 Å². The lowest BCUT2D eigenvalue weighted by Gasteiger charge is -2.18. The lowest BCUT2D eigenvalue weighted by atomic mass is 10.1. The van der Waals surface area contributed by atoms with Crippen LogP contribution in [0.15, 0.2) is 48.5 Å². The van der Waals surface area contributed by atoms with E-state index in [0.29, 0.717) is 35.1 Å². The van der Waals surface area contributed by atoms with Crippen LogP contribution in [0, 0.1) is 11.7 Å². The molecule has 0 spiro atoms. The van der Waals surface area contributed by atoms with Gasteiger partial charge in [-0.1, -0.05) is 42.0 Å². The van der Waals surface area contributed by atoms with Gasteiger partial charge in [-0.05, 0) is 31.3 Å². The van der Waals surface area contributed by atoms with Gasteiger partial charge in [0.1, 0.15) is 13.2 Å². The molecule has 2 aromatic carbocycles. The van der Waals surface area contributed by atoms with E-state index in [2.05, 4.69) is 15.5 Å². The molecule has 4 rings (SSSR count). The molecule has 0 aliphatic carbocycles. The van der Waals surface area contributed by atoms with E-state index in [-0.39, 0.29) is 12.5 Å². The second-order valence-electron chi connectivity index (χ2n) is 6.64. The third-order valence-corrected chi connectivity index (χ3v) is 4.91. The summed E-state index contributed by atoms with van der Waals surface area (Å²) in [6, 6.07) is 14.9. The number of amides is 2. The summed E-state index contributed by atoms with van der Waals surface area (Å²) in [4.78, 5) is 26.2. The molecule has 1 fully saturated rings. The molecule has 1 aliphatic heterocycles. The van der Waals surface area contributed by atoms with Crippen molar-refractivity contribution in [3.05, 3.63) is 58.9 Å². The molecule has 148 valence electrons. The fourth-order valence-corrected chi connectivity index (χ4v) is 3.34. The first kappa shape index (κ1) is 18.9. The van der Waals surface area contributed by atoms with Crippen LogP contribution >= 0.6 is 12.2 Å². The molecule has 29 heavy (non-hydrogen) atoms. The van der Waals surface area contributed by atoms with Crippen molar-refractivity contribution in [1.82, 2.24) is 14.8 Å². The van der Waals surface area contributed by atoms with Crippen LogP contribution in [0.1, 0.15) is 5.56 Å². The molecule has 0 unspecified atom stereocenters. The summed E-state index contributed by atoms with van der Waals surface area (Å²) in [7, 11) is 0. The molecule has 0 atom stereocenters. The van der Waals surface area contributed by atoms with Crippen LogP contribution in [0.25, 0.3) is 11.4 Å². The van der Waals surface area contributed by atoms with E-state index >= 15 is 0 Å². The Labute approximate surface area is 172 Å². The van der Waals surface area contributed by atoms with E-state index in [0.717, 1.165) is 11.1 Å². The standard InChI is InChI=1S/C20H19N5O3S/c1-13-6-8-14(9-7-13)18-22-23-19(29)25(18)12-17(26)21-15-4-2-3-5-16(15)24-10-11-28-20(24)27/h2-9H,10-12H2,1H3,(H,21,26)(H,23,29). The Bertz CT molecular complexity index is 1120. The number of benzene rings is 2. The van der Waals surface area contributed by atoms with Gasteiger partial charge in [-0.15, -0.1) is 0 Å². The maximum absolute atomic E-state index is 12.8. The van der Waals surface area contributed by atoms with Gasteiger partial charge >= 0.3 is 6.09 Å². The second kappa shape index (κ2) is 7.88. The van der Waals surface area contributed by atoms with Crippen LogP contribution in [0.4, 0.5) is 16.2 Å². The Hall–Kier alpha value is -3.46. The molecular formula is C20H19N5O3S. The number of aromatic amines is 1. The third-order valence-electron chi connectivity index (χ3n) is 4.60. The second-order valence-corrected chi connectivity index (χ2v) is 7.02. The van der Waals surface area contributed by atoms with Crippen molar-refractivity contribution < 1.29 is 14.3 Å². The van der Waals surface area contributed by atoms with E-state index in [1.165, 1.54) is 4.90 Å². The highest BCUT2D eigenvalue weighted by Gasteiger charge is 2.26. The van der Waals surface area contributed by atoms with Gasteiger partial charge in [0, 0.05) is 5.56 Å². The minimum absolute atomic E-state index is 0.0165. The summed E-state index contributed by atoms with van der Waals surface area (Å²) in [6.07, 6.45) is -0.426. The molecule has 0 bridgehead atoms. The summed E-state index contributed by atoms with van der Waals surface area (Å²) in [5.41, 5.74) is 3.11. The van der Waals surface area contributed by atoms with E-state index in [9.17, 15) is 9.59 Å². The van der Waals surface area contributed by atoms with Crippen molar-refractivity contribution in [1.29, 1.82) is 0 Å². The topological polar surface area (TPSA) is 92.2 Å². The quantitative estimate of drug-likeness (QED) is 0.629. The first-order valence-corrected chi connectivity index (χ1v) is 9.49. The minimum atomic E-state index is -0.426. The number of carbonyl (C=O) groups is 2. The smallest absolute Gasteiger partial charge is 0.414 e. The maximum Gasteiger partial charge on any atom is 0.414 e. The number of carbonyl (C=O) groups excluding carboxylic acids is 2. The number of nitrogens with one attached hydrogen (secondary N) is 2. The average Bonchev–Trinajstić information content (AvgIpc) is 3.29. The highest BCUT2D eigenvalue weighted by molar-refractivity contribution is 7.71. The fourth-order valence-electron chi connectivity index (χ4n) is 3.15. The summed E-state index contributed by atoms with van der Waals surface area (Å²) in [5.74, 6) is 0.303. The zero-order valence-corrected chi connectivity index (χ0v) is 16.5. The predicted molar refractivity (Wildman–Crippen MR) is 111 cm³/mol. The number of aromatic nitrogens is 3. The molecule has 2 N–H and O–H groups in total. The summed E-state index contributed by atoms with van der Waals surface area (Å²) >= 11 is 5.31. The van der Waals surface area contributed by atoms with Gasteiger partial charge in [0.15, 0.2) is 10.6 Å². The highest BCUT2D eigenvalue weighted by atomic mass is 32.1. The average molecular weight is 409 g/mol. The first-order valence-electron chi connectivity index (χ1n) is 9.08. The van der Waals surface area contributed by atoms with Crippen LogP contribution < -0.4 is 10.2 Å². The van der Waals surface area contributed by atoms with E-state index in [1.807, 2.05) is 31.2 Å². The van der Waals surface area contributed by atoms with Gasteiger partial charge in [0.05, 0.1) is 17.9 Å². The highest BCUT2D eigenvalue weighted by Crippen LogP contribution is 2.28. The van der Waals surface area contributed by atoms with Crippen molar-refractivity contribution in [3.8, 4) is 11.4 Å². The summed E-state index contributed by atoms with van der Waals surface area (Å²) < 4.78 is 6.99. The largest absolute Gasteiger partial charge is 0.447 e. The summed E-state index contributed by atoms with van der Waals surface area (Å²) in [5, 5.41) is 9.87. The minimum Gasteiger partial charge on any atom is -0.447 e. The number of nitrogens with zero attached hydrogens (tertiary/aromatic N) is 3. The van der Waals surface area contributed by atoms with Crippen molar-refractivity contribution in [2.45, 2.75) is 13.5 Å². The predicted octanol–water partition coefficient (Wildman–Crippen LogP) is 3.51. The molecule has 1 saturated heterocycles. The van der Waals surface area contributed by atoms with E-state index in [1.54, 1.807) is 28.8 Å². The molecule has 8 nitrogen and oxygen atoms in total. The van der Waals surface area contributed by atoms with Crippen molar-refractivity contribution in [2.24, 2.45) is 0 Å². The van der Waals surface area contributed by atoms with Gasteiger partial charge in [-0.2, -0.15) is 5.10 Å². The number of H-pyrrole nitrogens is 1. The maximum atomic E-state index is 12.8. The van der Waals surface area contributed by atoms with Crippen molar-refractivity contribution >= 4 is 35.6 Å². The molecule has 0 saturated carbocycles. The number of hydrogen-bond acceptors (Lipinski definition) is 5. The van der Waals surface area contributed by atoms with Gasteiger partial charge in [0.2, 0.25) is 5.91 Å². The molecule has 2 amide bonds. The molecular weight excluding hydrogens is 390 g/mol. The van der Waals surface area contributed by atoms with Gasteiger partial charge in [0.25, 0.3) is 0 Å². The molecule has 1 aromatic heterocycles. The zero-order valence-electron chi connectivity index (χ0n) is 15.7. The number of anilines is 2. The summed E-state index contributed by atoms with van der Waals surface area (Å²) in [6.45, 7) is 2.75. The SMILES string of the molecule is Cc1ccc(-c2n[nH]c(=S)n2CC(=O)Nc2ccccc2N2CCOC2=O)cc1. The molecule has 2 heterocycles. The van der Waals surface area contributed by atoms with Crippen LogP contribution in [-0.2, 0) is 16.1 Å². The zero-order chi connectivity index (χ0) is 20.4. The Morgan fingerprint density at radius 1 is 1.24 bits per heavy atom. The van der Waals surface area contributed by atoms with Crippen molar-refractivity contribution in [2.75, 3.05) is 23.4 Å². The van der Waals surface area contributed by atoms with Crippen LogP contribution in [0.2, 0.25) is 0 Å². The number of rotatable bonds is 5. The van der Waals surface area contributed by atoms with Gasteiger partial charge < -0.3 is 10.1 Å². The van der Waals surface area contributed by atoms with E-state index in [4.69, 9.17) is 17.0 Å². The van der Waals surface area contributed by atoms with Crippen LogP contribution in [-0.4, -0.2) is 39.9 Å². The first-order chi connectivity index (χ1) is 14.0. The van der Waals surface area contributed by atoms with Crippen LogP contribution in [0.5, 0.6) is 0 Å². The lowest BCUT2D eigenvalue weighted by Crippen LogP contribution is -2.26. The normalized spacial score (nSPS) is 13.4. The Kier molecular flexibility index (Phi) is 5.13. The Balaban J connectivity index is 1.56. The number of para-hydroxylation sites is 2. The number of hydrogen-bond donors (Lipinski definition) is 2. The van der Waals surface area contributed by atoms with Gasteiger partial charge in [-0.25, -0.2) is 4.79 Å². The van der Waals surface area contributed by atoms with Gasteiger partial charge in [-0.3, -0.25) is 19.4 Å². The molecule has 9 heteroatoms. The fraction of sp³-hybridized carbons (Fsp3) is 0.200. The Morgan fingerprint density at radius 3 is 2.72 bits per heavy atom. The number of cyclic esters (lactones) is 1. The Morgan fingerprint density at radius 2 is 2.00 bits per heavy atom. The van der Waals surface area contributed by atoms with Crippen molar-refractivity contribution in [3.63, 3.8) is 0 Å². The molecule has 1 aliphatic rings. The van der Waals surface area contributed by atoms with Crippen LogP contribution in [0.3, 0.4) is 0 Å². The lowest BCUT2D eigenvalue weighted by molar-refractivity contribution is -0.116. The monoisotopic (exact) mass is 409 g/mol.